The maximum absolute atomic E-state index is 13.4. The summed E-state index contributed by atoms with van der Waals surface area (Å²) in [5, 5.41) is 7.53. The van der Waals surface area contributed by atoms with E-state index in [2.05, 4.69) is 10.5 Å². The van der Waals surface area contributed by atoms with Gasteiger partial charge in [-0.15, -0.1) is 0 Å². The molecule has 0 aliphatic carbocycles. The third-order valence-corrected chi connectivity index (χ3v) is 5.30. The van der Waals surface area contributed by atoms with E-state index in [1.165, 1.54) is 6.26 Å². The molecule has 138 valence electrons. The van der Waals surface area contributed by atoms with Crippen LogP contribution in [-0.4, -0.2) is 17.4 Å². The van der Waals surface area contributed by atoms with Crippen molar-refractivity contribution in [3.05, 3.63) is 88.8 Å². The highest BCUT2D eigenvalue weighted by atomic mass is 35.5. The van der Waals surface area contributed by atoms with Gasteiger partial charge in [0.2, 0.25) is 5.78 Å². The Bertz CT molecular complexity index is 1120. The van der Waals surface area contributed by atoms with E-state index in [1.807, 2.05) is 0 Å². The minimum Gasteiger partial charge on any atom is -0.461 e. The number of benzene rings is 2. The topological polar surface area (TPSA) is 80.9 Å². The highest BCUT2D eigenvalue weighted by Crippen LogP contribution is 2.49. The molecule has 7 heteroatoms. The summed E-state index contributed by atoms with van der Waals surface area (Å²) in [6.45, 7) is 0. The first-order chi connectivity index (χ1) is 13.6. The number of para-hydroxylation sites is 1. The molecule has 1 spiro atoms. The summed E-state index contributed by atoms with van der Waals surface area (Å²) < 4.78 is 5.32. The molecule has 0 saturated heterocycles. The summed E-state index contributed by atoms with van der Waals surface area (Å²) in [5.74, 6) is -1.70. The Hall–Kier alpha value is -3.38. The molecule has 1 N–H and O–H groups in total. The van der Waals surface area contributed by atoms with Crippen molar-refractivity contribution >= 4 is 34.7 Å². The van der Waals surface area contributed by atoms with Crippen molar-refractivity contribution in [3.63, 3.8) is 0 Å². The Morgan fingerprint density at radius 1 is 1.07 bits per heavy atom. The molecule has 6 nitrogen and oxygen atoms in total. The number of furan rings is 1. The summed E-state index contributed by atoms with van der Waals surface area (Å²) in [4.78, 5) is 32.2. The van der Waals surface area contributed by atoms with Gasteiger partial charge in [-0.1, -0.05) is 47.1 Å². The van der Waals surface area contributed by atoms with E-state index in [9.17, 15) is 9.59 Å². The third kappa shape index (κ3) is 2.25. The normalized spacial score (nSPS) is 22.5. The van der Waals surface area contributed by atoms with Gasteiger partial charge in [0.05, 0.1) is 6.26 Å². The van der Waals surface area contributed by atoms with E-state index < -0.39 is 17.4 Å². The van der Waals surface area contributed by atoms with Crippen molar-refractivity contribution in [2.75, 3.05) is 5.32 Å². The summed E-state index contributed by atoms with van der Waals surface area (Å²) in [6, 6.07) is 17.2. The average Bonchev–Trinajstić information content (AvgIpc) is 3.42. The molecule has 0 saturated carbocycles. The lowest BCUT2D eigenvalue weighted by atomic mass is 9.75. The lowest BCUT2D eigenvalue weighted by Crippen LogP contribution is -2.46. The Labute approximate surface area is 164 Å². The number of carbonyl (C=O) groups excluding carboxylic acids is 2. The van der Waals surface area contributed by atoms with Crippen LogP contribution in [0.5, 0.6) is 0 Å². The smallest absolute Gasteiger partial charge is 0.277 e. The van der Waals surface area contributed by atoms with Crippen molar-refractivity contribution in [1.82, 2.24) is 0 Å². The van der Waals surface area contributed by atoms with Crippen molar-refractivity contribution in [2.45, 2.75) is 5.60 Å². The van der Waals surface area contributed by atoms with Gasteiger partial charge in [0.15, 0.2) is 5.76 Å². The molecular weight excluding hydrogens is 380 g/mol. The van der Waals surface area contributed by atoms with Crippen LogP contribution in [0.2, 0.25) is 5.02 Å². The molecule has 0 radical (unpaired) electrons. The Balaban J connectivity index is 1.70. The van der Waals surface area contributed by atoms with Gasteiger partial charge in [-0.2, -0.15) is 0 Å². The molecule has 1 aromatic heterocycles. The van der Waals surface area contributed by atoms with Crippen molar-refractivity contribution in [2.24, 2.45) is 11.1 Å². The molecule has 2 aliphatic heterocycles. The van der Waals surface area contributed by atoms with Crippen LogP contribution in [0.15, 0.2) is 76.5 Å². The molecule has 2 aromatic carbocycles. The average molecular weight is 393 g/mol. The molecule has 1 amide bonds. The predicted octanol–water partition coefficient (Wildman–Crippen LogP) is 4.01. The number of hydrogen-bond donors (Lipinski definition) is 1. The van der Waals surface area contributed by atoms with Crippen LogP contribution >= 0.6 is 11.6 Å². The van der Waals surface area contributed by atoms with Crippen LogP contribution in [0.4, 0.5) is 5.69 Å². The quantitative estimate of drug-likeness (QED) is 0.683. The lowest BCUT2D eigenvalue weighted by Gasteiger charge is -2.26. The number of halogens is 1. The van der Waals surface area contributed by atoms with Gasteiger partial charge in [0.25, 0.3) is 11.5 Å². The number of anilines is 1. The maximum Gasteiger partial charge on any atom is 0.277 e. The van der Waals surface area contributed by atoms with E-state index in [4.69, 9.17) is 20.9 Å². The zero-order valence-electron chi connectivity index (χ0n) is 14.4. The summed E-state index contributed by atoms with van der Waals surface area (Å²) in [5.41, 5.74) is 0.568. The number of ketones is 1. The summed E-state index contributed by atoms with van der Waals surface area (Å²) in [7, 11) is 0. The number of fused-ring (bicyclic) bond motifs is 2. The van der Waals surface area contributed by atoms with Gasteiger partial charge in [-0.3, -0.25) is 9.59 Å². The first-order valence-corrected chi connectivity index (χ1v) is 9.00. The zero-order chi connectivity index (χ0) is 19.3. The van der Waals surface area contributed by atoms with E-state index in [-0.39, 0.29) is 11.5 Å². The number of hydrogen-bond acceptors (Lipinski definition) is 5. The molecule has 2 aliphatic rings. The lowest BCUT2D eigenvalue weighted by molar-refractivity contribution is -0.140. The minimum absolute atomic E-state index is 0.133. The van der Waals surface area contributed by atoms with Crippen LogP contribution in [0.25, 0.3) is 0 Å². The van der Waals surface area contributed by atoms with E-state index >= 15 is 0 Å². The van der Waals surface area contributed by atoms with Crippen molar-refractivity contribution in [1.29, 1.82) is 0 Å². The summed E-state index contributed by atoms with van der Waals surface area (Å²) in [6.07, 6.45) is 1.41. The van der Waals surface area contributed by atoms with Gasteiger partial charge in [-0.25, -0.2) is 0 Å². The zero-order valence-corrected chi connectivity index (χ0v) is 15.1. The van der Waals surface area contributed by atoms with E-state index in [1.54, 1.807) is 60.7 Å². The Morgan fingerprint density at radius 2 is 1.86 bits per heavy atom. The fourth-order valence-corrected chi connectivity index (χ4v) is 3.89. The number of oxime groups is 1. The molecule has 3 heterocycles. The first kappa shape index (κ1) is 16.8. The molecule has 0 fully saturated rings. The number of nitrogens with zero attached hydrogens (tertiary/aromatic N) is 1. The molecule has 0 bridgehead atoms. The van der Waals surface area contributed by atoms with Gasteiger partial charge in [-0.05, 0) is 30.3 Å². The fraction of sp³-hybridized carbons (Fsp3) is 0.0952. The van der Waals surface area contributed by atoms with Crippen LogP contribution in [0.1, 0.15) is 21.7 Å². The van der Waals surface area contributed by atoms with Crippen LogP contribution in [-0.2, 0) is 15.2 Å². The highest BCUT2D eigenvalue weighted by Gasteiger charge is 2.63. The standard InChI is InChI=1S/C21H13ClN2O4/c22-13-9-7-12(8-10-13)18-17(19(25)16-6-3-11-27-16)21(28-24-18)14-4-1-2-5-15(14)23-20(21)26/h1-11,17H,(H,23,26)/t17-,21+/m1/s1. The number of Topliss-reactive ketones (excluding diaryl/α,β-unsaturated/α-hetero) is 1. The number of nitrogens with one attached hydrogen (secondary N) is 1. The van der Waals surface area contributed by atoms with Crippen molar-refractivity contribution < 1.29 is 18.8 Å². The Kier molecular flexibility index (Phi) is 3.64. The number of rotatable bonds is 3. The molecule has 28 heavy (non-hydrogen) atoms. The minimum atomic E-state index is -1.59. The molecular formula is C21H13ClN2O4. The number of amides is 1. The molecule has 3 aromatic rings. The fourth-order valence-electron chi connectivity index (χ4n) is 3.76. The third-order valence-electron chi connectivity index (χ3n) is 5.05. The van der Waals surface area contributed by atoms with E-state index in [0.29, 0.717) is 27.5 Å². The van der Waals surface area contributed by atoms with Gasteiger partial charge in [0, 0.05) is 21.8 Å². The monoisotopic (exact) mass is 392 g/mol. The first-order valence-electron chi connectivity index (χ1n) is 8.62. The van der Waals surface area contributed by atoms with Crippen LogP contribution in [0.3, 0.4) is 0 Å². The predicted molar refractivity (Wildman–Crippen MR) is 102 cm³/mol. The van der Waals surface area contributed by atoms with Crippen LogP contribution < -0.4 is 5.32 Å². The number of carbonyl (C=O) groups is 2. The maximum atomic E-state index is 13.4. The highest BCUT2D eigenvalue weighted by molar-refractivity contribution is 6.31. The molecule has 5 rings (SSSR count). The largest absolute Gasteiger partial charge is 0.461 e. The second-order valence-electron chi connectivity index (χ2n) is 6.58. The second-order valence-corrected chi connectivity index (χ2v) is 7.02. The van der Waals surface area contributed by atoms with Gasteiger partial charge in [0.1, 0.15) is 11.6 Å². The van der Waals surface area contributed by atoms with E-state index in [0.717, 1.165) is 0 Å². The Morgan fingerprint density at radius 3 is 2.61 bits per heavy atom. The summed E-state index contributed by atoms with van der Waals surface area (Å²) >= 11 is 5.99. The second kappa shape index (κ2) is 6.07. The van der Waals surface area contributed by atoms with Gasteiger partial charge < -0.3 is 14.6 Å². The van der Waals surface area contributed by atoms with Crippen molar-refractivity contribution in [3.8, 4) is 0 Å². The molecule has 0 unspecified atom stereocenters. The SMILES string of the molecule is O=C(c1ccco1)[C@H]1C(c2ccc(Cl)cc2)=NO[C@]12C(=O)Nc1ccccc12. The van der Waals surface area contributed by atoms with Gasteiger partial charge >= 0.3 is 0 Å². The van der Waals surface area contributed by atoms with Crippen LogP contribution in [0, 0.1) is 5.92 Å². The molecule has 2 atom stereocenters.